The van der Waals surface area contributed by atoms with Crippen molar-refractivity contribution in [1.82, 2.24) is 20.4 Å². The Morgan fingerprint density at radius 3 is 2.89 bits per heavy atom. The lowest BCUT2D eigenvalue weighted by molar-refractivity contribution is 0.0728. The molecule has 18 heavy (non-hydrogen) atoms. The average Bonchev–Trinajstić information content (AvgIpc) is 2.89. The maximum absolute atomic E-state index is 12.5. The lowest BCUT2D eigenvalue weighted by Crippen LogP contribution is -2.42. The number of rotatable bonds is 4. The highest BCUT2D eigenvalue weighted by Crippen LogP contribution is 2.29. The summed E-state index contributed by atoms with van der Waals surface area (Å²) in [5, 5.41) is 10.3. The summed E-state index contributed by atoms with van der Waals surface area (Å²) in [6, 6.07) is 0.927. The van der Waals surface area contributed by atoms with Gasteiger partial charge in [-0.15, -0.1) is 0 Å². The molecule has 0 radical (unpaired) electrons. The van der Waals surface area contributed by atoms with Crippen molar-refractivity contribution in [2.75, 3.05) is 13.1 Å². The summed E-state index contributed by atoms with van der Waals surface area (Å²) >= 11 is 0. The number of hydrogen-bond acceptors (Lipinski definition) is 3. The van der Waals surface area contributed by atoms with E-state index in [4.69, 9.17) is 0 Å². The van der Waals surface area contributed by atoms with Gasteiger partial charge in [-0.05, 0) is 39.2 Å². The van der Waals surface area contributed by atoms with Crippen molar-refractivity contribution < 1.29 is 4.79 Å². The summed E-state index contributed by atoms with van der Waals surface area (Å²) in [6.45, 7) is 3.83. The van der Waals surface area contributed by atoms with Gasteiger partial charge < -0.3 is 10.2 Å². The van der Waals surface area contributed by atoms with Crippen molar-refractivity contribution in [3.63, 3.8) is 0 Å². The van der Waals surface area contributed by atoms with E-state index in [2.05, 4.69) is 15.5 Å². The average molecular weight is 248 g/mol. The van der Waals surface area contributed by atoms with E-state index < -0.39 is 0 Å². The second kappa shape index (κ2) is 4.72. The molecule has 0 spiro atoms. The van der Waals surface area contributed by atoms with Crippen LogP contribution in [-0.2, 0) is 0 Å². The molecule has 1 aliphatic carbocycles. The quantitative estimate of drug-likeness (QED) is 0.838. The van der Waals surface area contributed by atoms with Crippen LogP contribution in [-0.4, -0.2) is 46.2 Å². The molecule has 98 valence electrons. The van der Waals surface area contributed by atoms with Crippen LogP contribution >= 0.6 is 0 Å². The van der Waals surface area contributed by atoms with E-state index in [0.29, 0.717) is 12.1 Å². The number of aryl methyl sites for hydroxylation is 1. The molecule has 2 aliphatic rings. The van der Waals surface area contributed by atoms with E-state index in [-0.39, 0.29) is 5.91 Å². The zero-order chi connectivity index (χ0) is 12.5. The number of aromatic amines is 1. The highest BCUT2D eigenvalue weighted by atomic mass is 16.2. The van der Waals surface area contributed by atoms with Crippen LogP contribution < -0.4 is 5.32 Å². The fourth-order valence-corrected chi connectivity index (χ4v) is 2.66. The molecule has 1 saturated heterocycles. The Morgan fingerprint density at radius 2 is 2.33 bits per heavy atom. The van der Waals surface area contributed by atoms with Crippen molar-refractivity contribution in [2.24, 2.45) is 0 Å². The molecule has 1 aliphatic heterocycles. The first-order chi connectivity index (χ1) is 8.75. The smallest absolute Gasteiger partial charge is 0.257 e. The summed E-state index contributed by atoms with van der Waals surface area (Å²) in [4.78, 5) is 14.6. The number of hydrogen-bond donors (Lipinski definition) is 2. The Labute approximate surface area is 107 Å². The normalized spacial score (nSPS) is 23.3. The minimum atomic E-state index is 0.137. The predicted octanol–water partition coefficient (Wildman–Crippen LogP) is 1.07. The Bertz CT molecular complexity index is 432. The van der Waals surface area contributed by atoms with E-state index in [0.717, 1.165) is 37.2 Å². The molecule has 1 aromatic rings. The van der Waals surface area contributed by atoms with Gasteiger partial charge in [-0.1, -0.05) is 0 Å². The third-order valence-electron chi connectivity index (χ3n) is 3.89. The first kappa shape index (κ1) is 11.7. The van der Waals surface area contributed by atoms with Gasteiger partial charge in [0.2, 0.25) is 0 Å². The molecule has 5 heteroatoms. The molecule has 1 unspecified atom stereocenters. The number of H-pyrrole nitrogens is 1. The maximum atomic E-state index is 12.5. The third kappa shape index (κ3) is 2.27. The lowest BCUT2D eigenvalue weighted by Gasteiger charge is -2.25. The van der Waals surface area contributed by atoms with Gasteiger partial charge in [0.05, 0.1) is 11.8 Å². The molecule has 1 atom stereocenters. The van der Waals surface area contributed by atoms with E-state index in [1.807, 2.05) is 11.8 Å². The molecular weight excluding hydrogens is 228 g/mol. The van der Waals surface area contributed by atoms with Crippen LogP contribution in [0.15, 0.2) is 6.20 Å². The number of amides is 1. The molecule has 1 amide bonds. The molecule has 1 saturated carbocycles. The second-order valence-electron chi connectivity index (χ2n) is 5.39. The Morgan fingerprint density at radius 1 is 1.50 bits per heavy atom. The first-order valence-corrected chi connectivity index (χ1v) is 6.80. The van der Waals surface area contributed by atoms with Gasteiger partial charge in [0, 0.05) is 24.3 Å². The van der Waals surface area contributed by atoms with Crippen molar-refractivity contribution in [3.8, 4) is 0 Å². The largest absolute Gasteiger partial charge is 0.334 e. The highest BCUT2D eigenvalue weighted by Gasteiger charge is 2.35. The topological polar surface area (TPSA) is 61.0 Å². The van der Waals surface area contributed by atoms with Crippen LogP contribution in [0, 0.1) is 6.92 Å². The van der Waals surface area contributed by atoms with Crippen molar-refractivity contribution >= 4 is 5.91 Å². The van der Waals surface area contributed by atoms with Gasteiger partial charge in [0.25, 0.3) is 5.91 Å². The number of aromatic nitrogens is 2. The standard InChI is InChI=1S/C13H20N4O/c1-9-12(7-15-16-9)13(18)17(11-4-5-11)8-10-3-2-6-14-10/h7,10-11,14H,2-6,8H2,1H3,(H,15,16). The monoisotopic (exact) mass is 248 g/mol. The van der Waals surface area contributed by atoms with E-state index in [1.165, 1.54) is 12.8 Å². The Balaban J connectivity index is 1.73. The number of carbonyl (C=O) groups is 1. The van der Waals surface area contributed by atoms with Gasteiger partial charge in [0.15, 0.2) is 0 Å². The second-order valence-corrected chi connectivity index (χ2v) is 5.39. The van der Waals surface area contributed by atoms with Crippen LogP contribution in [0.1, 0.15) is 41.7 Å². The SMILES string of the molecule is Cc1[nH]ncc1C(=O)N(CC1CCCN1)C1CC1. The van der Waals surface area contributed by atoms with Crippen molar-refractivity contribution in [2.45, 2.75) is 44.7 Å². The van der Waals surface area contributed by atoms with Gasteiger partial charge in [-0.3, -0.25) is 9.89 Å². The van der Waals surface area contributed by atoms with E-state index >= 15 is 0 Å². The Hall–Kier alpha value is -1.36. The predicted molar refractivity (Wildman–Crippen MR) is 68.4 cm³/mol. The van der Waals surface area contributed by atoms with Gasteiger partial charge >= 0.3 is 0 Å². The minimum absolute atomic E-state index is 0.137. The summed E-state index contributed by atoms with van der Waals surface area (Å²) in [5.74, 6) is 0.137. The zero-order valence-corrected chi connectivity index (χ0v) is 10.8. The number of nitrogens with zero attached hydrogens (tertiary/aromatic N) is 2. The van der Waals surface area contributed by atoms with Crippen molar-refractivity contribution in [3.05, 3.63) is 17.5 Å². The summed E-state index contributed by atoms with van der Waals surface area (Å²) in [5.41, 5.74) is 1.59. The molecule has 5 nitrogen and oxygen atoms in total. The fourth-order valence-electron chi connectivity index (χ4n) is 2.66. The Kier molecular flexibility index (Phi) is 3.07. The molecule has 2 fully saturated rings. The molecule has 2 heterocycles. The van der Waals surface area contributed by atoms with Gasteiger partial charge in [0.1, 0.15) is 0 Å². The minimum Gasteiger partial charge on any atom is -0.334 e. The van der Waals surface area contributed by atoms with Gasteiger partial charge in [-0.25, -0.2) is 0 Å². The number of nitrogens with one attached hydrogen (secondary N) is 2. The summed E-state index contributed by atoms with van der Waals surface area (Å²) in [7, 11) is 0. The van der Waals surface area contributed by atoms with E-state index in [9.17, 15) is 4.79 Å². The molecule has 1 aromatic heterocycles. The van der Waals surface area contributed by atoms with E-state index in [1.54, 1.807) is 6.20 Å². The lowest BCUT2D eigenvalue weighted by atomic mass is 10.1. The van der Waals surface area contributed by atoms with Crippen LogP contribution in [0.5, 0.6) is 0 Å². The summed E-state index contributed by atoms with van der Waals surface area (Å²) in [6.07, 6.45) is 6.35. The summed E-state index contributed by atoms with van der Waals surface area (Å²) < 4.78 is 0. The van der Waals surface area contributed by atoms with Crippen molar-refractivity contribution in [1.29, 1.82) is 0 Å². The molecular formula is C13H20N4O. The van der Waals surface area contributed by atoms with Crippen LogP contribution in [0.25, 0.3) is 0 Å². The van der Waals surface area contributed by atoms with Gasteiger partial charge in [-0.2, -0.15) is 5.10 Å². The molecule has 0 bridgehead atoms. The fraction of sp³-hybridized carbons (Fsp3) is 0.692. The molecule has 3 rings (SSSR count). The van der Waals surface area contributed by atoms with Crippen LogP contribution in [0.3, 0.4) is 0 Å². The van der Waals surface area contributed by atoms with Crippen LogP contribution in [0.2, 0.25) is 0 Å². The zero-order valence-electron chi connectivity index (χ0n) is 10.8. The maximum Gasteiger partial charge on any atom is 0.257 e. The number of carbonyl (C=O) groups excluding carboxylic acids is 1. The highest BCUT2D eigenvalue weighted by molar-refractivity contribution is 5.95. The van der Waals surface area contributed by atoms with Crippen LogP contribution in [0.4, 0.5) is 0 Å². The molecule has 2 N–H and O–H groups in total. The first-order valence-electron chi connectivity index (χ1n) is 6.80. The molecule has 0 aromatic carbocycles. The third-order valence-corrected chi connectivity index (χ3v) is 3.89.